The second-order valence-corrected chi connectivity index (χ2v) is 10.4. The van der Waals surface area contributed by atoms with E-state index in [-0.39, 0.29) is 23.2 Å². The average molecular weight is 481 g/mol. The van der Waals surface area contributed by atoms with Gasteiger partial charge >= 0.3 is 0 Å². The van der Waals surface area contributed by atoms with Gasteiger partial charge in [0.15, 0.2) is 9.84 Å². The van der Waals surface area contributed by atoms with Crippen molar-refractivity contribution in [2.75, 3.05) is 42.6 Å². The van der Waals surface area contributed by atoms with Crippen molar-refractivity contribution in [3.8, 4) is 11.8 Å². The maximum atomic E-state index is 13.2. The van der Waals surface area contributed by atoms with Gasteiger partial charge in [-0.1, -0.05) is 17.9 Å². The first-order chi connectivity index (χ1) is 16.4. The van der Waals surface area contributed by atoms with Gasteiger partial charge in [-0.15, -0.1) is 0 Å². The van der Waals surface area contributed by atoms with Gasteiger partial charge in [0, 0.05) is 37.6 Å². The molecule has 0 atom stereocenters. The van der Waals surface area contributed by atoms with Crippen LogP contribution in [0.3, 0.4) is 0 Å². The molecule has 0 bridgehead atoms. The van der Waals surface area contributed by atoms with Gasteiger partial charge in [0.2, 0.25) is 0 Å². The van der Waals surface area contributed by atoms with Crippen molar-refractivity contribution in [2.24, 2.45) is 4.99 Å². The molecule has 34 heavy (non-hydrogen) atoms. The molecule has 7 nitrogen and oxygen atoms in total. The first-order valence-electron chi connectivity index (χ1n) is 11.1. The van der Waals surface area contributed by atoms with Crippen LogP contribution < -0.4 is 10.2 Å². The summed E-state index contributed by atoms with van der Waals surface area (Å²) in [7, 11) is -3.05. The summed E-state index contributed by atoms with van der Waals surface area (Å²) in [6.45, 7) is 1.87. The number of rotatable bonds is 6. The number of aliphatic imine (C=N–C) groups is 1. The predicted molar refractivity (Wildman–Crippen MR) is 130 cm³/mol. The third-order valence-corrected chi connectivity index (χ3v) is 7.21. The number of hydrogen-bond donors (Lipinski definition) is 1. The fraction of sp³-hybridized carbons (Fsp3) is 0.320. The van der Waals surface area contributed by atoms with Crippen molar-refractivity contribution >= 4 is 27.8 Å². The number of amides is 1. The van der Waals surface area contributed by atoms with E-state index in [1.54, 1.807) is 18.2 Å². The molecule has 0 unspecified atom stereocenters. The van der Waals surface area contributed by atoms with Gasteiger partial charge in [0.25, 0.3) is 5.91 Å². The van der Waals surface area contributed by atoms with E-state index in [0.29, 0.717) is 42.1 Å². The highest BCUT2D eigenvalue weighted by atomic mass is 32.2. The average Bonchev–Trinajstić information content (AvgIpc) is 3.35. The van der Waals surface area contributed by atoms with Gasteiger partial charge < -0.3 is 10.2 Å². The molecule has 4 rings (SSSR count). The predicted octanol–water partition coefficient (Wildman–Crippen LogP) is 2.38. The fourth-order valence-corrected chi connectivity index (χ4v) is 4.88. The topological polar surface area (TPSA) is 91.7 Å². The molecule has 0 spiro atoms. The number of allylic oxidation sites excluding steroid dienone is 1. The number of nitrogens with zero attached hydrogens (tertiary/aromatic N) is 3. The Morgan fingerprint density at radius 3 is 2.62 bits per heavy atom. The van der Waals surface area contributed by atoms with E-state index in [1.165, 1.54) is 23.9 Å². The smallest absolute Gasteiger partial charge is 0.252 e. The van der Waals surface area contributed by atoms with Gasteiger partial charge in [-0.25, -0.2) is 17.8 Å². The van der Waals surface area contributed by atoms with Crippen molar-refractivity contribution in [1.82, 2.24) is 10.3 Å². The van der Waals surface area contributed by atoms with E-state index in [4.69, 9.17) is 0 Å². The van der Waals surface area contributed by atoms with Gasteiger partial charge in [-0.05, 0) is 48.7 Å². The molecular formula is C25H25FN4O3S. The third-order valence-electron chi connectivity index (χ3n) is 5.60. The summed E-state index contributed by atoms with van der Waals surface area (Å²) in [5, 5.41) is 2.91. The monoisotopic (exact) mass is 480 g/mol. The molecule has 0 aliphatic carbocycles. The molecule has 1 amide bonds. The molecule has 176 valence electrons. The zero-order valence-corrected chi connectivity index (χ0v) is 19.4. The number of halogens is 1. The van der Waals surface area contributed by atoms with E-state index < -0.39 is 9.84 Å². The minimum Gasteiger partial charge on any atom is -0.354 e. The highest BCUT2D eigenvalue weighted by molar-refractivity contribution is 7.91. The summed E-state index contributed by atoms with van der Waals surface area (Å²) in [5.41, 5.74) is 2.69. The van der Waals surface area contributed by atoms with Crippen molar-refractivity contribution in [3.05, 3.63) is 70.7 Å². The Labute approximate surface area is 198 Å². The highest BCUT2D eigenvalue weighted by Gasteiger charge is 2.24. The van der Waals surface area contributed by atoms with Crippen LogP contribution in [0.5, 0.6) is 0 Å². The Morgan fingerprint density at radius 1 is 1.15 bits per heavy atom. The lowest BCUT2D eigenvalue weighted by Gasteiger charge is -2.28. The van der Waals surface area contributed by atoms with Gasteiger partial charge in [0.1, 0.15) is 11.6 Å². The summed E-state index contributed by atoms with van der Waals surface area (Å²) in [6.07, 6.45) is 7.08. The molecule has 2 aliphatic rings. The molecular weight excluding hydrogens is 455 g/mol. The number of hydrogen-bond acceptors (Lipinski definition) is 6. The van der Waals surface area contributed by atoms with Crippen molar-refractivity contribution in [3.63, 3.8) is 0 Å². The number of carbonyl (C=O) groups excluding carboxylic acids is 1. The molecule has 9 heteroatoms. The minimum absolute atomic E-state index is 0.0445. The Balaban J connectivity index is 1.51. The molecule has 1 fully saturated rings. The first kappa shape index (κ1) is 23.6. The van der Waals surface area contributed by atoms with Crippen LogP contribution in [0.25, 0.3) is 0 Å². The second kappa shape index (κ2) is 10.6. The molecule has 0 radical (unpaired) electrons. The standard InChI is InChI=1S/C25H25FN4O3S/c26-23-7-4-19(5-8-23)3-6-21-16-22(25(31)28-10-1-2-20-9-11-27-17-20)18-29-24(21)30-12-14-34(32,33)15-13-30/h4-5,7-9,16-18H,1-2,10-15H2,(H,28,31). The van der Waals surface area contributed by atoms with Gasteiger partial charge in [0.05, 0.1) is 29.2 Å². The van der Waals surface area contributed by atoms with Crippen LogP contribution in [-0.4, -0.2) is 63.2 Å². The lowest BCUT2D eigenvalue weighted by Crippen LogP contribution is -2.41. The van der Waals surface area contributed by atoms with E-state index >= 15 is 0 Å². The minimum atomic E-state index is -3.05. The van der Waals surface area contributed by atoms with Crippen LogP contribution >= 0.6 is 0 Å². The van der Waals surface area contributed by atoms with Crippen molar-refractivity contribution in [2.45, 2.75) is 12.8 Å². The fourth-order valence-electron chi connectivity index (χ4n) is 3.68. The maximum absolute atomic E-state index is 13.2. The lowest BCUT2D eigenvalue weighted by molar-refractivity contribution is 0.0953. The van der Waals surface area contributed by atoms with Crippen LogP contribution in [0.15, 0.2) is 53.2 Å². The molecule has 0 saturated carbocycles. The number of carbonyl (C=O) groups is 1. The highest BCUT2D eigenvalue weighted by Crippen LogP contribution is 2.21. The Hall–Kier alpha value is -3.51. The lowest BCUT2D eigenvalue weighted by atomic mass is 10.1. The number of benzene rings is 1. The molecule has 1 saturated heterocycles. The van der Waals surface area contributed by atoms with E-state index in [9.17, 15) is 17.6 Å². The molecule has 3 heterocycles. The number of aromatic nitrogens is 1. The van der Waals surface area contributed by atoms with E-state index in [1.807, 2.05) is 11.1 Å². The number of pyridine rings is 1. The molecule has 2 aromatic rings. The Morgan fingerprint density at radius 2 is 1.91 bits per heavy atom. The van der Waals surface area contributed by atoms with Crippen LogP contribution in [0.4, 0.5) is 10.2 Å². The summed E-state index contributed by atoms with van der Waals surface area (Å²) < 4.78 is 36.9. The first-order valence-corrected chi connectivity index (χ1v) is 12.9. The third kappa shape index (κ3) is 6.29. The molecule has 1 aromatic carbocycles. The van der Waals surface area contributed by atoms with Crippen LogP contribution in [0.1, 0.15) is 34.3 Å². The van der Waals surface area contributed by atoms with Gasteiger partial charge in [-0.2, -0.15) is 0 Å². The molecule has 1 aromatic heterocycles. The summed E-state index contributed by atoms with van der Waals surface area (Å²) in [6, 6.07) is 7.48. The van der Waals surface area contributed by atoms with Crippen LogP contribution in [0, 0.1) is 17.7 Å². The molecule has 2 aliphatic heterocycles. The normalized spacial score (nSPS) is 16.5. The van der Waals surface area contributed by atoms with Gasteiger partial charge in [-0.3, -0.25) is 9.79 Å². The molecule has 1 N–H and O–H groups in total. The van der Waals surface area contributed by atoms with Crippen molar-refractivity contribution < 1.29 is 17.6 Å². The SMILES string of the molecule is O=C(NCCCC1=CCN=C1)c1cnc(N2CCS(=O)(=O)CC2)c(C#Cc2ccc(F)cc2)c1. The maximum Gasteiger partial charge on any atom is 0.252 e. The largest absolute Gasteiger partial charge is 0.354 e. The Kier molecular flexibility index (Phi) is 7.38. The summed E-state index contributed by atoms with van der Waals surface area (Å²) in [5.74, 6) is 6.04. The summed E-state index contributed by atoms with van der Waals surface area (Å²) in [4.78, 5) is 23.2. The van der Waals surface area contributed by atoms with Crippen LogP contribution in [0.2, 0.25) is 0 Å². The quantitative estimate of drug-likeness (QED) is 0.506. The number of anilines is 1. The van der Waals surface area contributed by atoms with Crippen LogP contribution in [-0.2, 0) is 9.84 Å². The Bertz CT molecular complexity index is 1280. The zero-order chi connectivity index (χ0) is 24.0. The number of sulfone groups is 1. The second-order valence-electron chi connectivity index (χ2n) is 8.12. The van der Waals surface area contributed by atoms with E-state index in [2.05, 4.69) is 33.2 Å². The summed E-state index contributed by atoms with van der Waals surface area (Å²) >= 11 is 0. The zero-order valence-electron chi connectivity index (χ0n) is 18.6. The number of nitrogens with one attached hydrogen (secondary N) is 1. The van der Waals surface area contributed by atoms with E-state index in [0.717, 1.165) is 19.4 Å². The van der Waals surface area contributed by atoms with Crippen molar-refractivity contribution in [1.29, 1.82) is 0 Å².